The molecule has 208 valence electrons. The van der Waals surface area contributed by atoms with Crippen molar-refractivity contribution >= 4 is 28.1 Å². The molecule has 0 saturated carbocycles. The number of para-hydroxylation sites is 2. The van der Waals surface area contributed by atoms with Gasteiger partial charge in [-0.2, -0.15) is 10.2 Å². The van der Waals surface area contributed by atoms with Crippen LogP contribution in [0.3, 0.4) is 0 Å². The lowest BCUT2D eigenvalue weighted by Crippen LogP contribution is -2.19. The van der Waals surface area contributed by atoms with Crippen LogP contribution in [0.4, 0.5) is 0 Å². The van der Waals surface area contributed by atoms with Crippen LogP contribution in [-0.4, -0.2) is 55.7 Å². The minimum atomic E-state index is 0.889. The number of hydrogen-bond donors (Lipinski definition) is 5. The number of pyridine rings is 2. The lowest BCUT2D eigenvalue weighted by Gasteiger charge is -1.91. The van der Waals surface area contributed by atoms with Crippen molar-refractivity contribution in [3.8, 4) is 0 Å². The molecule has 0 spiro atoms. The fourth-order valence-electron chi connectivity index (χ4n) is 3.30. The minimum absolute atomic E-state index is 0.889. The van der Waals surface area contributed by atoms with Gasteiger partial charge in [0.05, 0.1) is 43.7 Å². The highest BCUT2D eigenvalue weighted by molar-refractivity contribution is 5.78. The van der Waals surface area contributed by atoms with E-state index in [1.165, 1.54) is 17.2 Å². The van der Waals surface area contributed by atoms with Gasteiger partial charge in [0, 0.05) is 54.9 Å². The molecular weight excluding hydrogens is 500 g/mol. The van der Waals surface area contributed by atoms with Gasteiger partial charge in [-0.1, -0.05) is 54.6 Å². The number of benzene rings is 2. The Bertz CT molecular complexity index is 1050. The van der Waals surface area contributed by atoms with Crippen molar-refractivity contribution in [2.45, 2.75) is 6.42 Å². The summed E-state index contributed by atoms with van der Waals surface area (Å²) >= 11 is 0. The number of aromatic nitrogens is 2. The summed E-state index contributed by atoms with van der Waals surface area (Å²) in [6.45, 7) is 5.75. The van der Waals surface area contributed by atoms with Crippen LogP contribution in [-0.2, 0) is 0 Å². The van der Waals surface area contributed by atoms with E-state index in [1.54, 1.807) is 6.34 Å². The van der Waals surface area contributed by atoms with Crippen molar-refractivity contribution in [3.05, 3.63) is 110 Å². The molecule has 0 atom stereocenters. The first-order valence-electron chi connectivity index (χ1n) is 13.3. The van der Waals surface area contributed by atoms with Crippen LogP contribution in [0.15, 0.2) is 125 Å². The monoisotopic (exact) mass is 538 g/mol. The molecule has 8 rings (SSSR count). The molecule has 0 radical (unpaired) electrons. The van der Waals surface area contributed by atoms with Crippen LogP contribution in [0.1, 0.15) is 6.42 Å². The third-order valence-corrected chi connectivity index (χ3v) is 5.25. The number of hydrazine groups is 1. The average molecular weight is 539 g/mol. The van der Waals surface area contributed by atoms with Crippen molar-refractivity contribution in [2.24, 2.45) is 15.2 Å². The zero-order valence-corrected chi connectivity index (χ0v) is 22.7. The SMILES string of the molecule is C1=CNCN1.C1=CNNC1.C1=NCCN1.C1CN=NC1.c1ccc2ncccc2c1.c1ccc2ncccc2c1. The molecule has 4 aliphatic rings. The zero-order valence-electron chi connectivity index (χ0n) is 22.7. The van der Waals surface area contributed by atoms with Gasteiger partial charge in [0.1, 0.15) is 0 Å². The Hall–Kier alpha value is -4.83. The highest BCUT2D eigenvalue weighted by atomic mass is 15.4. The summed E-state index contributed by atoms with van der Waals surface area (Å²) in [5.74, 6) is 0. The molecule has 40 heavy (non-hydrogen) atoms. The van der Waals surface area contributed by atoms with E-state index in [1.807, 2.05) is 85.6 Å². The summed E-state index contributed by atoms with van der Waals surface area (Å²) < 4.78 is 0. The fourth-order valence-corrected chi connectivity index (χ4v) is 3.30. The van der Waals surface area contributed by atoms with Crippen molar-refractivity contribution in [2.75, 3.05) is 39.4 Å². The molecule has 2 aromatic carbocycles. The molecule has 4 aliphatic heterocycles. The lowest BCUT2D eigenvalue weighted by atomic mass is 10.2. The van der Waals surface area contributed by atoms with E-state index in [4.69, 9.17) is 0 Å². The number of hydrogen-bond acceptors (Lipinski definition) is 10. The second kappa shape index (κ2) is 20.2. The number of azo groups is 1. The predicted molar refractivity (Wildman–Crippen MR) is 165 cm³/mol. The molecule has 6 heterocycles. The van der Waals surface area contributed by atoms with Gasteiger partial charge in [0.15, 0.2) is 0 Å². The maximum Gasteiger partial charge on any atom is 0.0840 e. The maximum atomic E-state index is 4.18. The third-order valence-electron chi connectivity index (χ3n) is 5.25. The van der Waals surface area contributed by atoms with Crippen molar-refractivity contribution in [3.63, 3.8) is 0 Å². The van der Waals surface area contributed by atoms with Crippen molar-refractivity contribution in [1.82, 2.24) is 36.8 Å². The van der Waals surface area contributed by atoms with E-state index in [0.717, 1.165) is 50.4 Å². The Kier molecular flexibility index (Phi) is 15.0. The van der Waals surface area contributed by atoms with Crippen LogP contribution in [0, 0.1) is 0 Å². The summed E-state index contributed by atoms with van der Waals surface area (Å²) in [5.41, 5.74) is 7.77. The number of aliphatic imine (C=N–C) groups is 1. The standard InChI is InChI=1S/2C9H7N.4C3H6N2/c2*1-2-6-9-8(4-1)5-3-7-10-9;2*1-2-5-3-4-1;2*1-2-4-5-3-1/h2*1-7H;3H,1-2H2,(H,4,5);1-2,4-5H,3H2;1-3H2;1-2,4-5H,3H2. The smallest absolute Gasteiger partial charge is 0.0840 e. The Labute approximate surface area is 235 Å². The summed E-state index contributed by atoms with van der Waals surface area (Å²) in [6.07, 6.45) is 14.2. The van der Waals surface area contributed by atoms with Gasteiger partial charge in [-0.3, -0.25) is 15.0 Å². The van der Waals surface area contributed by atoms with Crippen molar-refractivity contribution < 1.29 is 0 Å². The first-order valence-corrected chi connectivity index (χ1v) is 13.3. The predicted octanol–water partition coefficient (Wildman–Crippen LogP) is 4.15. The van der Waals surface area contributed by atoms with Crippen LogP contribution < -0.4 is 26.8 Å². The number of nitrogens with zero attached hydrogens (tertiary/aromatic N) is 5. The largest absolute Gasteiger partial charge is 0.375 e. The zero-order chi connectivity index (χ0) is 27.8. The average Bonchev–Trinajstić information content (AvgIpc) is 3.87. The Morgan fingerprint density at radius 1 is 0.600 bits per heavy atom. The molecule has 0 fully saturated rings. The van der Waals surface area contributed by atoms with Gasteiger partial charge in [0.25, 0.3) is 0 Å². The third kappa shape index (κ3) is 13.1. The highest BCUT2D eigenvalue weighted by Crippen LogP contribution is 2.08. The minimum Gasteiger partial charge on any atom is -0.375 e. The van der Waals surface area contributed by atoms with Crippen LogP contribution in [0.2, 0.25) is 0 Å². The molecule has 0 bridgehead atoms. The van der Waals surface area contributed by atoms with Crippen LogP contribution in [0.5, 0.6) is 0 Å². The normalized spacial score (nSPS) is 14.6. The first-order chi connectivity index (χ1) is 19.9. The van der Waals surface area contributed by atoms with Crippen molar-refractivity contribution in [1.29, 1.82) is 0 Å². The molecule has 5 N–H and O–H groups in total. The molecule has 0 aliphatic carbocycles. The van der Waals surface area contributed by atoms with E-state index in [2.05, 4.69) is 76.3 Å². The van der Waals surface area contributed by atoms with Gasteiger partial charge in [-0.05, 0) is 30.7 Å². The van der Waals surface area contributed by atoms with E-state index in [-0.39, 0.29) is 0 Å². The van der Waals surface area contributed by atoms with Gasteiger partial charge in [-0.15, -0.1) is 0 Å². The summed E-state index contributed by atoms with van der Waals surface area (Å²) in [6, 6.07) is 24.2. The Morgan fingerprint density at radius 3 is 1.52 bits per heavy atom. The lowest BCUT2D eigenvalue weighted by molar-refractivity contribution is 0.727. The topological polar surface area (TPSA) is 123 Å². The quantitative estimate of drug-likeness (QED) is 0.228. The first kappa shape index (κ1) is 29.7. The molecule has 2 aromatic heterocycles. The van der Waals surface area contributed by atoms with E-state index < -0.39 is 0 Å². The van der Waals surface area contributed by atoms with Crippen LogP contribution in [0.25, 0.3) is 21.8 Å². The van der Waals surface area contributed by atoms with E-state index >= 15 is 0 Å². The number of nitrogens with one attached hydrogen (secondary N) is 5. The summed E-state index contributed by atoms with van der Waals surface area (Å²) in [4.78, 5) is 12.2. The number of fused-ring (bicyclic) bond motifs is 2. The summed E-state index contributed by atoms with van der Waals surface area (Å²) in [7, 11) is 0. The Balaban J connectivity index is 0.000000137. The van der Waals surface area contributed by atoms with Gasteiger partial charge >= 0.3 is 0 Å². The molecule has 4 aromatic rings. The van der Waals surface area contributed by atoms with Gasteiger partial charge < -0.3 is 21.4 Å². The molecule has 10 nitrogen and oxygen atoms in total. The number of rotatable bonds is 0. The molecule has 0 saturated heterocycles. The van der Waals surface area contributed by atoms with Gasteiger partial charge in [-0.25, -0.2) is 5.43 Å². The summed E-state index contributed by atoms with van der Waals surface area (Å²) in [5, 5.41) is 18.6. The van der Waals surface area contributed by atoms with E-state index in [0.29, 0.717) is 0 Å². The fraction of sp³-hybridized carbons (Fsp3) is 0.233. The van der Waals surface area contributed by atoms with E-state index in [9.17, 15) is 0 Å². The molecular formula is C30H38N10. The van der Waals surface area contributed by atoms with Crippen LogP contribution >= 0.6 is 0 Å². The highest BCUT2D eigenvalue weighted by Gasteiger charge is 1.88. The molecule has 0 unspecified atom stereocenters. The second-order valence-corrected chi connectivity index (χ2v) is 8.31. The Morgan fingerprint density at radius 2 is 1.20 bits per heavy atom. The molecule has 0 amide bonds. The maximum absolute atomic E-state index is 4.18. The second-order valence-electron chi connectivity index (χ2n) is 8.31. The molecule has 10 heteroatoms. The van der Waals surface area contributed by atoms with Gasteiger partial charge in [0.2, 0.25) is 0 Å².